The number of nitrogens with two attached hydrogens (primary N) is 1. The molecule has 2 N–H and O–H groups in total. The zero-order valence-electron chi connectivity index (χ0n) is 8.87. The van der Waals surface area contributed by atoms with Crippen LogP contribution in [0.4, 0.5) is 0 Å². The van der Waals surface area contributed by atoms with Crippen LogP contribution in [0.3, 0.4) is 0 Å². The SMILES string of the molecule is CC(N)(c1ccc(Br)cc1)C1CCOC1. The molecule has 0 radical (unpaired) electrons. The van der Waals surface area contributed by atoms with Crippen molar-refractivity contribution in [2.45, 2.75) is 18.9 Å². The zero-order valence-corrected chi connectivity index (χ0v) is 10.5. The van der Waals surface area contributed by atoms with E-state index in [2.05, 4.69) is 35.0 Å². The van der Waals surface area contributed by atoms with Crippen LogP contribution in [0.25, 0.3) is 0 Å². The Bertz CT molecular complexity index is 328. The second-order valence-corrected chi connectivity index (χ2v) is 5.27. The Morgan fingerprint density at radius 1 is 1.40 bits per heavy atom. The van der Waals surface area contributed by atoms with Crippen LogP contribution in [0, 0.1) is 5.92 Å². The first-order valence-corrected chi connectivity index (χ1v) is 6.02. The van der Waals surface area contributed by atoms with E-state index in [9.17, 15) is 0 Å². The molecule has 2 nitrogen and oxygen atoms in total. The predicted octanol–water partition coefficient (Wildman–Crippen LogP) is 2.66. The lowest BCUT2D eigenvalue weighted by molar-refractivity contribution is 0.166. The minimum Gasteiger partial charge on any atom is -0.381 e. The van der Waals surface area contributed by atoms with Gasteiger partial charge in [-0.2, -0.15) is 0 Å². The van der Waals surface area contributed by atoms with Gasteiger partial charge in [-0.25, -0.2) is 0 Å². The first kappa shape index (κ1) is 11.1. The lowest BCUT2D eigenvalue weighted by Crippen LogP contribution is -2.41. The summed E-state index contributed by atoms with van der Waals surface area (Å²) in [5.41, 5.74) is 7.30. The summed E-state index contributed by atoms with van der Waals surface area (Å²) >= 11 is 3.43. The molecule has 1 fully saturated rings. The monoisotopic (exact) mass is 269 g/mol. The van der Waals surface area contributed by atoms with Gasteiger partial charge in [0.05, 0.1) is 6.61 Å². The summed E-state index contributed by atoms with van der Waals surface area (Å²) in [6.45, 7) is 3.71. The molecule has 2 unspecified atom stereocenters. The third kappa shape index (κ3) is 2.25. The Labute approximate surface area is 98.9 Å². The maximum Gasteiger partial charge on any atom is 0.0515 e. The molecule has 2 rings (SSSR count). The molecule has 0 aliphatic carbocycles. The minimum absolute atomic E-state index is 0.281. The molecule has 0 spiro atoms. The summed E-state index contributed by atoms with van der Waals surface area (Å²) in [5, 5.41) is 0. The lowest BCUT2D eigenvalue weighted by atomic mass is 9.80. The van der Waals surface area contributed by atoms with Crippen molar-refractivity contribution in [1.82, 2.24) is 0 Å². The molecule has 0 saturated carbocycles. The van der Waals surface area contributed by atoms with E-state index in [1.54, 1.807) is 0 Å². The molecular weight excluding hydrogens is 254 g/mol. The van der Waals surface area contributed by atoms with Gasteiger partial charge >= 0.3 is 0 Å². The molecule has 1 aliphatic rings. The van der Waals surface area contributed by atoms with Crippen LogP contribution in [0.5, 0.6) is 0 Å². The second kappa shape index (κ2) is 4.24. The van der Waals surface area contributed by atoms with Gasteiger partial charge < -0.3 is 10.5 Å². The van der Waals surface area contributed by atoms with Crippen LogP contribution >= 0.6 is 15.9 Å². The number of rotatable bonds is 2. The summed E-state index contributed by atoms with van der Waals surface area (Å²) in [6, 6.07) is 8.25. The molecule has 82 valence electrons. The van der Waals surface area contributed by atoms with E-state index in [1.165, 1.54) is 5.56 Å². The van der Waals surface area contributed by atoms with Gasteiger partial charge in [-0.15, -0.1) is 0 Å². The Kier molecular flexibility index (Phi) is 3.14. The molecule has 15 heavy (non-hydrogen) atoms. The molecule has 0 amide bonds. The molecule has 1 heterocycles. The third-order valence-electron chi connectivity index (χ3n) is 3.24. The average molecular weight is 270 g/mol. The van der Waals surface area contributed by atoms with Crippen LogP contribution in [0.1, 0.15) is 18.9 Å². The maximum absolute atomic E-state index is 6.40. The number of ether oxygens (including phenoxy) is 1. The van der Waals surface area contributed by atoms with Crippen LogP contribution in [0.15, 0.2) is 28.7 Å². The fourth-order valence-corrected chi connectivity index (χ4v) is 2.32. The van der Waals surface area contributed by atoms with Crippen LogP contribution in [-0.2, 0) is 10.3 Å². The van der Waals surface area contributed by atoms with Crippen molar-refractivity contribution in [2.24, 2.45) is 11.7 Å². The summed E-state index contributed by atoms with van der Waals surface area (Å²) in [6.07, 6.45) is 1.06. The van der Waals surface area contributed by atoms with Crippen LogP contribution in [0.2, 0.25) is 0 Å². The quantitative estimate of drug-likeness (QED) is 0.896. The van der Waals surface area contributed by atoms with Crippen molar-refractivity contribution in [3.8, 4) is 0 Å². The molecule has 3 heteroatoms. The standard InChI is InChI=1S/C12H16BrNO/c1-12(14,10-6-7-15-8-10)9-2-4-11(13)5-3-9/h2-5,10H,6-8,14H2,1H3. The van der Waals surface area contributed by atoms with Crippen LogP contribution in [-0.4, -0.2) is 13.2 Å². The van der Waals surface area contributed by atoms with Crippen molar-refractivity contribution >= 4 is 15.9 Å². The van der Waals surface area contributed by atoms with E-state index in [1.807, 2.05) is 12.1 Å². The number of halogens is 1. The highest BCUT2D eigenvalue weighted by molar-refractivity contribution is 9.10. The Morgan fingerprint density at radius 3 is 2.60 bits per heavy atom. The molecule has 2 atom stereocenters. The molecular formula is C12H16BrNO. The number of hydrogen-bond donors (Lipinski definition) is 1. The summed E-state index contributed by atoms with van der Waals surface area (Å²) in [5.74, 6) is 0.429. The average Bonchev–Trinajstić information content (AvgIpc) is 2.71. The topological polar surface area (TPSA) is 35.2 Å². The highest BCUT2D eigenvalue weighted by Crippen LogP contribution is 2.32. The number of hydrogen-bond acceptors (Lipinski definition) is 2. The Balaban J connectivity index is 2.23. The van der Waals surface area contributed by atoms with Gasteiger partial charge in [0.2, 0.25) is 0 Å². The smallest absolute Gasteiger partial charge is 0.0515 e. The fourth-order valence-electron chi connectivity index (χ4n) is 2.05. The van der Waals surface area contributed by atoms with E-state index in [0.717, 1.165) is 24.1 Å². The van der Waals surface area contributed by atoms with Gasteiger partial charge in [0.1, 0.15) is 0 Å². The largest absolute Gasteiger partial charge is 0.381 e. The molecule has 1 saturated heterocycles. The molecule has 0 bridgehead atoms. The first-order valence-electron chi connectivity index (χ1n) is 5.23. The van der Waals surface area contributed by atoms with Gasteiger partial charge in [0, 0.05) is 22.5 Å². The maximum atomic E-state index is 6.40. The predicted molar refractivity (Wildman–Crippen MR) is 64.6 cm³/mol. The normalized spacial score (nSPS) is 25.1. The highest BCUT2D eigenvalue weighted by Gasteiger charge is 2.34. The molecule has 1 aliphatic heterocycles. The summed E-state index contributed by atoms with van der Waals surface area (Å²) < 4.78 is 6.49. The van der Waals surface area contributed by atoms with E-state index < -0.39 is 0 Å². The van der Waals surface area contributed by atoms with E-state index in [0.29, 0.717) is 5.92 Å². The minimum atomic E-state index is -0.281. The summed E-state index contributed by atoms with van der Waals surface area (Å²) in [7, 11) is 0. The van der Waals surface area contributed by atoms with Gasteiger partial charge in [0.25, 0.3) is 0 Å². The fraction of sp³-hybridized carbons (Fsp3) is 0.500. The van der Waals surface area contributed by atoms with E-state index in [4.69, 9.17) is 10.5 Å². The second-order valence-electron chi connectivity index (χ2n) is 4.35. The molecule has 1 aromatic rings. The van der Waals surface area contributed by atoms with Crippen molar-refractivity contribution in [1.29, 1.82) is 0 Å². The first-order chi connectivity index (χ1) is 7.10. The van der Waals surface area contributed by atoms with Gasteiger partial charge in [-0.3, -0.25) is 0 Å². The van der Waals surface area contributed by atoms with Crippen molar-refractivity contribution in [2.75, 3.05) is 13.2 Å². The Morgan fingerprint density at radius 2 is 2.07 bits per heavy atom. The molecule has 1 aromatic carbocycles. The highest BCUT2D eigenvalue weighted by atomic mass is 79.9. The van der Waals surface area contributed by atoms with E-state index in [-0.39, 0.29) is 5.54 Å². The van der Waals surface area contributed by atoms with Gasteiger partial charge in [-0.1, -0.05) is 28.1 Å². The lowest BCUT2D eigenvalue weighted by Gasteiger charge is -2.31. The Hall–Kier alpha value is -0.380. The van der Waals surface area contributed by atoms with Gasteiger partial charge in [0.15, 0.2) is 0 Å². The van der Waals surface area contributed by atoms with E-state index >= 15 is 0 Å². The summed E-state index contributed by atoms with van der Waals surface area (Å²) in [4.78, 5) is 0. The van der Waals surface area contributed by atoms with Crippen LogP contribution < -0.4 is 5.73 Å². The molecule has 0 aromatic heterocycles. The van der Waals surface area contributed by atoms with Gasteiger partial charge in [-0.05, 0) is 31.0 Å². The van der Waals surface area contributed by atoms with Crippen molar-refractivity contribution in [3.63, 3.8) is 0 Å². The van der Waals surface area contributed by atoms with Crippen molar-refractivity contribution < 1.29 is 4.74 Å². The number of benzene rings is 1. The zero-order chi connectivity index (χ0) is 10.9. The third-order valence-corrected chi connectivity index (χ3v) is 3.77. The van der Waals surface area contributed by atoms with Crippen molar-refractivity contribution in [3.05, 3.63) is 34.3 Å².